The van der Waals surface area contributed by atoms with Crippen molar-refractivity contribution < 1.29 is 8.42 Å². The van der Waals surface area contributed by atoms with Crippen LogP contribution in [0.2, 0.25) is 0 Å². The van der Waals surface area contributed by atoms with Crippen LogP contribution in [0.3, 0.4) is 0 Å². The molecule has 3 rings (SSSR count). The molecule has 0 unspecified atom stereocenters. The van der Waals surface area contributed by atoms with E-state index in [0.717, 1.165) is 27.2 Å². The lowest BCUT2D eigenvalue weighted by Crippen LogP contribution is -2.28. The molecule has 0 aliphatic heterocycles. The largest absolute Gasteiger partial charge is 0.369 e. The summed E-state index contributed by atoms with van der Waals surface area (Å²) in [4.78, 5) is 5.56. The molecule has 0 atom stereocenters. The molecule has 2 aromatic heterocycles. The van der Waals surface area contributed by atoms with Gasteiger partial charge in [-0.05, 0) is 43.7 Å². The number of hydrogen-bond acceptors (Lipinski definition) is 5. The molecule has 0 saturated carbocycles. The number of rotatable bonds is 6. The van der Waals surface area contributed by atoms with Gasteiger partial charge in [-0.15, -0.1) is 11.3 Å². The number of fused-ring (bicyclic) bond motifs is 1. The first kappa shape index (κ1) is 16.9. The summed E-state index contributed by atoms with van der Waals surface area (Å²) < 4.78 is 27.3. The minimum atomic E-state index is -3.43. The highest BCUT2D eigenvalue weighted by molar-refractivity contribution is 7.91. The second-order valence-corrected chi connectivity index (χ2v) is 8.82. The number of nitrogens with zero attached hydrogens (tertiary/aromatic N) is 1. The third-order valence-corrected chi connectivity index (χ3v) is 6.56. The molecule has 3 aromatic rings. The number of thiophene rings is 1. The SMILES string of the molecule is Cc1ccc(S(=O)(=O)NCCNc2nc3ccccc3cc2C)s1. The Bertz CT molecular complexity index is 965. The molecule has 0 fully saturated rings. The number of aromatic nitrogens is 1. The van der Waals surface area contributed by atoms with Gasteiger partial charge in [-0.3, -0.25) is 0 Å². The Hall–Kier alpha value is -1.96. The molecule has 0 spiro atoms. The number of anilines is 1. The van der Waals surface area contributed by atoms with Gasteiger partial charge in [0.05, 0.1) is 5.52 Å². The lowest BCUT2D eigenvalue weighted by molar-refractivity contribution is 0.585. The van der Waals surface area contributed by atoms with Crippen LogP contribution in [0.1, 0.15) is 10.4 Å². The number of pyridine rings is 1. The molecule has 0 aliphatic rings. The van der Waals surface area contributed by atoms with Gasteiger partial charge in [0.25, 0.3) is 0 Å². The van der Waals surface area contributed by atoms with E-state index in [0.29, 0.717) is 17.3 Å². The number of sulfonamides is 1. The van der Waals surface area contributed by atoms with Crippen molar-refractivity contribution in [2.75, 3.05) is 18.4 Å². The first-order valence-corrected chi connectivity index (χ1v) is 9.92. The molecule has 1 aromatic carbocycles. The zero-order valence-electron chi connectivity index (χ0n) is 13.5. The zero-order chi connectivity index (χ0) is 17.2. The first-order chi connectivity index (χ1) is 11.5. The number of aryl methyl sites for hydroxylation is 2. The Balaban J connectivity index is 1.61. The van der Waals surface area contributed by atoms with Crippen molar-refractivity contribution in [2.24, 2.45) is 0 Å². The van der Waals surface area contributed by atoms with Crippen LogP contribution in [0.4, 0.5) is 5.82 Å². The van der Waals surface area contributed by atoms with E-state index < -0.39 is 10.0 Å². The van der Waals surface area contributed by atoms with E-state index in [1.807, 2.05) is 38.1 Å². The van der Waals surface area contributed by atoms with Gasteiger partial charge in [-0.2, -0.15) is 0 Å². The van der Waals surface area contributed by atoms with E-state index in [4.69, 9.17) is 0 Å². The Morgan fingerprint density at radius 1 is 1.08 bits per heavy atom. The zero-order valence-corrected chi connectivity index (χ0v) is 15.2. The maximum Gasteiger partial charge on any atom is 0.250 e. The summed E-state index contributed by atoms with van der Waals surface area (Å²) >= 11 is 1.27. The van der Waals surface area contributed by atoms with E-state index in [1.54, 1.807) is 12.1 Å². The summed E-state index contributed by atoms with van der Waals surface area (Å²) in [7, 11) is -3.43. The highest BCUT2D eigenvalue weighted by atomic mass is 32.2. The van der Waals surface area contributed by atoms with Crippen molar-refractivity contribution >= 4 is 38.1 Å². The molecule has 2 N–H and O–H groups in total. The standard InChI is InChI=1S/C17H19N3O2S2/c1-12-11-14-5-3-4-6-15(14)20-17(12)18-9-10-19-24(21,22)16-8-7-13(2)23-16/h3-8,11,19H,9-10H2,1-2H3,(H,18,20). The number of benzene rings is 1. The highest BCUT2D eigenvalue weighted by Gasteiger charge is 2.15. The van der Waals surface area contributed by atoms with Crippen LogP contribution in [0.25, 0.3) is 10.9 Å². The number of para-hydroxylation sites is 1. The Labute approximate surface area is 145 Å². The van der Waals surface area contributed by atoms with Gasteiger partial charge in [-0.1, -0.05) is 18.2 Å². The van der Waals surface area contributed by atoms with E-state index in [2.05, 4.69) is 21.1 Å². The van der Waals surface area contributed by atoms with E-state index in [-0.39, 0.29) is 0 Å². The lowest BCUT2D eigenvalue weighted by atomic mass is 10.1. The van der Waals surface area contributed by atoms with Crippen molar-refractivity contribution in [1.82, 2.24) is 9.71 Å². The summed E-state index contributed by atoms with van der Waals surface area (Å²) in [5.74, 6) is 0.778. The van der Waals surface area contributed by atoms with Crippen molar-refractivity contribution in [3.8, 4) is 0 Å². The summed E-state index contributed by atoms with van der Waals surface area (Å²) in [6, 6.07) is 13.4. The summed E-state index contributed by atoms with van der Waals surface area (Å²) in [5.41, 5.74) is 1.95. The fraction of sp³-hybridized carbons (Fsp3) is 0.235. The van der Waals surface area contributed by atoms with Crippen LogP contribution in [-0.2, 0) is 10.0 Å². The molecule has 0 saturated heterocycles. The van der Waals surface area contributed by atoms with Crippen molar-refractivity contribution in [3.05, 3.63) is 52.9 Å². The molecule has 126 valence electrons. The van der Waals surface area contributed by atoms with Crippen LogP contribution in [0.5, 0.6) is 0 Å². The van der Waals surface area contributed by atoms with Gasteiger partial charge in [-0.25, -0.2) is 18.1 Å². The van der Waals surface area contributed by atoms with Crippen LogP contribution in [-0.4, -0.2) is 26.5 Å². The Morgan fingerprint density at radius 3 is 2.62 bits per heavy atom. The van der Waals surface area contributed by atoms with Crippen LogP contribution >= 0.6 is 11.3 Å². The maximum absolute atomic E-state index is 12.2. The molecule has 24 heavy (non-hydrogen) atoms. The number of nitrogens with one attached hydrogen (secondary N) is 2. The molecule has 0 amide bonds. The van der Waals surface area contributed by atoms with Crippen molar-refractivity contribution in [3.63, 3.8) is 0 Å². The minimum absolute atomic E-state index is 0.299. The fourth-order valence-corrected chi connectivity index (χ4v) is 4.75. The smallest absolute Gasteiger partial charge is 0.250 e. The first-order valence-electron chi connectivity index (χ1n) is 7.62. The highest BCUT2D eigenvalue weighted by Crippen LogP contribution is 2.21. The second-order valence-electron chi connectivity index (χ2n) is 5.54. The monoisotopic (exact) mass is 361 g/mol. The fourth-order valence-electron chi connectivity index (χ4n) is 2.39. The normalized spacial score (nSPS) is 11.8. The number of hydrogen-bond donors (Lipinski definition) is 2. The van der Waals surface area contributed by atoms with E-state index >= 15 is 0 Å². The van der Waals surface area contributed by atoms with Crippen LogP contribution < -0.4 is 10.0 Å². The molecular formula is C17H19N3O2S2. The minimum Gasteiger partial charge on any atom is -0.369 e. The maximum atomic E-state index is 12.2. The summed E-state index contributed by atoms with van der Waals surface area (Å²) in [6.45, 7) is 4.64. The quantitative estimate of drug-likeness (QED) is 0.661. The van der Waals surface area contributed by atoms with Gasteiger partial charge in [0.2, 0.25) is 10.0 Å². The van der Waals surface area contributed by atoms with Gasteiger partial charge < -0.3 is 5.32 Å². The molecule has 0 bridgehead atoms. The van der Waals surface area contributed by atoms with Gasteiger partial charge in [0.15, 0.2) is 0 Å². The average molecular weight is 361 g/mol. The molecular weight excluding hydrogens is 342 g/mol. The molecule has 0 aliphatic carbocycles. The third kappa shape index (κ3) is 3.75. The summed E-state index contributed by atoms with van der Waals surface area (Å²) in [5, 5.41) is 4.29. The molecule has 5 nitrogen and oxygen atoms in total. The van der Waals surface area contributed by atoms with E-state index in [1.165, 1.54) is 11.3 Å². The topological polar surface area (TPSA) is 71.1 Å². The third-order valence-electron chi connectivity index (χ3n) is 3.60. The molecule has 0 radical (unpaired) electrons. The Morgan fingerprint density at radius 2 is 1.88 bits per heavy atom. The lowest BCUT2D eigenvalue weighted by Gasteiger charge is -2.10. The van der Waals surface area contributed by atoms with Crippen molar-refractivity contribution in [2.45, 2.75) is 18.1 Å². The predicted octanol–water partition coefficient (Wildman–Crippen LogP) is 3.30. The van der Waals surface area contributed by atoms with Crippen molar-refractivity contribution in [1.29, 1.82) is 0 Å². The molecule has 2 heterocycles. The Kier molecular flexibility index (Phi) is 4.84. The average Bonchev–Trinajstić information content (AvgIpc) is 2.99. The summed E-state index contributed by atoms with van der Waals surface area (Å²) in [6.07, 6.45) is 0. The van der Waals surface area contributed by atoms with E-state index in [9.17, 15) is 8.42 Å². The van der Waals surface area contributed by atoms with Crippen LogP contribution in [0.15, 0.2) is 46.7 Å². The van der Waals surface area contributed by atoms with Gasteiger partial charge in [0.1, 0.15) is 10.0 Å². The van der Waals surface area contributed by atoms with Gasteiger partial charge in [0, 0.05) is 23.4 Å². The van der Waals surface area contributed by atoms with Gasteiger partial charge >= 0.3 is 0 Å². The molecule has 7 heteroatoms. The van der Waals surface area contributed by atoms with Crippen LogP contribution in [0, 0.1) is 13.8 Å². The predicted molar refractivity (Wildman–Crippen MR) is 99.2 cm³/mol. The second kappa shape index (κ2) is 6.88.